The van der Waals surface area contributed by atoms with Crippen LogP contribution in [0.1, 0.15) is 5.56 Å². The van der Waals surface area contributed by atoms with Crippen molar-refractivity contribution in [3.8, 4) is 11.5 Å². The van der Waals surface area contributed by atoms with E-state index in [-0.39, 0.29) is 11.7 Å². The first-order chi connectivity index (χ1) is 8.54. The van der Waals surface area contributed by atoms with Crippen molar-refractivity contribution < 1.29 is 14.6 Å². The minimum absolute atomic E-state index is 0.0285. The molecule has 1 aromatic carbocycles. The maximum atomic E-state index is 11.6. The van der Waals surface area contributed by atoms with Crippen LogP contribution < -0.4 is 10.5 Å². The molecule has 1 aliphatic rings. The standard InChI is InChI=1S/C12H13N3O3/c1-15-8(11(17)14-12(15)13)6-7-4-3-5-9(18-2)10(7)16/h3-6,16H,1-2H3,(H2,13,14,17)/b8-6+. The number of phenolic OH excluding ortho intramolecular Hbond substituents is 1. The molecule has 1 aromatic rings. The van der Waals surface area contributed by atoms with E-state index in [1.54, 1.807) is 25.2 Å². The zero-order chi connectivity index (χ0) is 13.3. The van der Waals surface area contributed by atoms with E-state index in [1.807, 2.05) is 0 Å². The minimum atomic E-state index is -0.433. The number of carbonyl (C=O) groups is 1. The van der Waals surface area contributed by atoms with Gasteiger partial charge in [0, 0.05) is 12.6 Å². The van der Waals surface area contributed by atoms with Gasteiger partial charge in [0.15, 0.2) is 11.5 Å². The smallest absolute Gasteiger partial charge is 0.296 e. The number of hydrogen-bond acceptors (Lipinski definition) is 5. The second-order valence-corrected chi connectivity index (χ2v) is 3.76. The lowest BCUT2D eigenvalue weighted by molar-refractivity contribution is -0.114. The van der Waals surface area contributed by atoms with Crippen LogP contribution in [0.5, 0.6) is 11.5 Å². The van der Waals surface area contributed by atoms with E-state index < -0.39 is 5.91 Å². The fraction of sp³-hybridized carbons (Fsp3) is 0.167. The Morgan fingerprint density at radius 3 is 2.78 bits per heavy atom. The number of rotatable bonds is 2. The first-order valence-electron chi connectivity index (χ1n) is 5.24. The number of phenols is 1. The number of carbonyl (C=O) groups excluding carboxylic acids is 1. The number of likely N-dealkylation sites (N-methyl/N-ethyl adjacent to an activating group) is 1. The number of para-hydroxylation sites is 1. The first kappa shape index (κ1) is 12.0. The minimum Gasteiger partial charge on any atom is -0.504 e. The largest absolute Gasteiger partial charge is 0.504 e. The van der Waals surface area contributed by atoms with Crippen molar-refractivity contribution >= 4 is 17.9 Å². The molecule has 0 fully saturated rings. The second kappa shape index (κ2) is 4.40. The van der Waals surface area contributed by atoms with Gasteiger partial charge in [-0.05, 0) is 12.1 Å². The van der Waals surface area contributed by atoms with Gasteiger partial charge in [-0.2, -0.15) is 4.99 Å². The SMILES string of the molecule is COc1cccc(/C=C2\C(=O)N=C(N)N2C)c1O. The van der Waals surface area contributed by atoms with Crippen LogP contribution in [0.4, 0.5) is 0 Å². The molecule has 0 unspecified atom stereocenters. The number of guanidine groups is 1. The maximum Gasteiger partial charge on any atom is 0.296 e. The Bertz CT molecular complexity index is 564. The number of hydrogen-bond donors (Lipinski definition) is 2. The van der Waals surface area contributed by atoms with Crippen molar-refractivity contribution in [2.45, 2.75) is 0 Å². The molecular weight excluding hydrogens is 234 g/mol. The van der Waals surface area contributed by atoms with Crippen molar-refractivity contribution in [3.63, 3.8) is 0 Å². The zero-order valence-electron chi connectivity index (χ0n) is 10.0. The summed E-state index contributed by atoms with van der Waals surface area (Å²) in [6.45, 7) is 0. The van der Waals surface area contributed by atoms with Gasteiger partial charge in [0.25, 0.3) is 5.91 Å². The van der Waals surface area contributed by atoms with E-state index >= 15 is 0 Å². The summed E-state index contributed by atoms with van der Waals surface area (Å²) in [6.07, 6.45) is 1.52. The first-order valence-corrected chi connectivity index (χ1v) is 5.24. The molecule has 1 heterocycles. The molecule has 0 radical (unpaired) electrons. The van der Waals surface area contributed by atoms with Crippen LogP contribution in [0.3, 0.4) is 0 Å². The van der Waals surface area contributed by atoms with E-state index in [2.05, 4.69) is 4.99 Å². The molecule has 18 heavy (non-hydrogen) atoms. The van der Waals surface area contributed by atoms with E-state index in [0.29, 0.717) is 17.0 Å². The molecule has 6 nitrogen and oxygen atoms in total. The van der Waals surface area contributed by atoms with Crippen LogP contribution in [0.2, 0.25) is 0 Å². The normalized spacial score (nSPS) is 17.2. The molecule has 1 amide bonds. The van der Waals surface area contributed by atoms with Gasteiger partial charge in [0.1, 0.15) is 5.70 Å². The lowest BCUT2D eigenvalue weighted by atomic mass is 10.1. The fourth-order valence-corrected chi connectivity index (χ4v) is 1.63. The lowest BCUT2D eigenvalue weighted by Gasteiger charge is -2.12. The highest BCUT2D eigenvalue weighted by Gasteiger charge is 2.24. The molecule has 0 saturated carbocycles. The Morgan fingerprint density at radius 1 is 1.50 bits per heavy atom. The third-order valence-corrected chi connectivity index (χ3v) is 2.68. The summed E-state index contributed by atoms with van der Waals surface area (Å²) in [5, 5.41) is 9.92. The number of methoxy groups -OCH3 is 1. The van der Waals surface area contributed by atoms with Crippen molar-refractivity contribution in [2.75, 3.05) is 14.2 Å². The number of amides is 1. The molecule has 0 aromatic heterocycles. The Labute approximate surface area is 104 Å². The number of aliphatic imine (C=N–C) groups is 1. The predicted octanol–water partition coefficient (Wildman–Crippen LogP) is 0.528. The molecule has 6 heteroatoms. The highest BCUT2D eigenvalue weighted by atomic mass is 16.5. The number of ether oxygens (including phenoxy) is 1. The topological polar surface area (TPSA) is 88.1 Å². The number of nitrogens with zero attached hydrogens (tertiary/aromatic N) is 2. The van der Waals surface area contributed by atoms with Crippen LogP contribution in [0.25, 0.3) is 6.08 Å². The summed E-state index contributed by atoms with van der Waals surface area (Å²) in [6, 6.07) is 5.01. The van der Waals surface area contributed by atoms with Crippen LogP contribution in [-0.2, 0) is 4.79 Å². The van der Waals surface area contributed by atoms with Gasteiger partial charge in [0.05, 0.1) is 7.11 Å². The van der Waals surface area contributed by atoms with Gasteiger partial charge in [-0.1, -0.05) is 12.1 Å². The number of aromatic hydroxyl groups is 1. The van der Waals surface area contributed by atoms with E-state index in [9.17, 15) is 9.90 Å². The van der Waals surface area contributed by atoms with Gasteiger partial charge in [-0.25, -0.2) is 0 Å². The lowest BCUT2D eigenvalue weighted by Crippen LogP contribution is -2.28. The van der Waals surface area contributed by atoms with Crippen molar-refractivity contribution in [1.29, 1.82) is 0 Å². The number of benzene rings is 1. The average Bonchev–Trinajstić information content (AvgIpc) is 2.58. The summed E-state index contributed by atoms with van der Waals surface area (Å²) in [5.74, 6) is 0.0105. The third kappa shape index (κ3) is 1.88. The molecule has 2 rings (SSSR count). The quantitative estimate of drug-likeness (QED) is 0.744. The van der Waals surface area contributed by atoms with Crippen LogP contribution in [-0.4, -0.2) is 36.0 Å². The molecule has 1 aliphatic heterocycles. The fourth-order valence-electron chi connectivity index (χ4n) is 1.63. The Kier molecular flexibility index (Phi) is 2.93. The van der Waals surface area contributed by atoms with E-state index in [0.717, 1.165) is 0 Å². The Morgan fingerprint density at radius 2 is 2.22 bits per heavy atom. The molecule has 3 N–H and O–H groups in total. The van der Waals surface area contributed by atoms with Crippen LogP contribution in [0.15, 0.2) is 28.9 Å². The maximum absolute atomic E-state index is 11.6. The molecule has 0 saturated heterocycles. The predicted molar refractivity (Wildman–Crippen MR) is 67.0 cm³/mol. The average molecular weight is 247 g/mol. The van der Waals surface area contributed by atoms with E-state index in [4.69, 9.17) is 10.5 Å². The van der Waals surface area contributed by atoms with Crippen molar-refractivity contribution in [2.24, 2.45) is 10.7 Å². The van der Waals surface area contributed by atoms with Gasteiger partial charge < -0.3 is 20.5 Å². The van der Waals surface area contributed by atoms with Crippen molar-refractivity contribution in [3.05, 3.63) is 29.5 Å². The summed E-state index contributed by atoms with van der Waals surface area (Å²) in [4.78, 5) is 16.7. The van der Waals surface area contributed by atoms with Crippen LogP contribution in [0, 0.1) is 0 Å². The Balaban J connectivity index is 2.44. The summed E-state index contributed by atoms with van der Waals surface area (Å²) < 4.78 is 4.99. The summed E-state index contributed by atoms with van der Waals surface area (Å²) in [5.41, 5.74) is 6.30. The number of nitrogens with two attached hydrogens (primary N) is 1. The molecule has 0 spiro atoms. The molecule has 0 bridgehead atoms. The highest BCUT2D eigenvalue weighted by molar-refractivity contribution is 6.12. The molecular formula is C12H13N3O3. The summed E-state index contributed by atoms with van der Waals surface area (Å²) >= 11 is 0. The highest BCUT2D eigenvalue weighted by Crippen LogP contribution is 2.31. The monoisotopic (exact) mass is 247 g/mol. The Hall–Kier alpha value is -2.50. The summed E-state index contributed by atoms with van der Waals surface area (Å²) in [7, 11) is 3.09. The van der Waals surface area contributed by atoms with Gasteiger partial charge in [-0.3, -0.25) is 4.79 Å². The molecule has 94 valence electrons. The second-order valence-electron chi connectivity index (χ2n) is 3.76. The van der Waals surface area contributed by atoms with E-state index in [1.165, 1.54) is 18.1 Å². The van der Waals surface area contributed by atoms with Gasteiger partial charge in [-0.15, -0.1) is 0 Å². The van der Waals surface area contributed by atoms with Gasteiger partial charge in [0.2, 0.25) is 5.96 Å². The molecule has 0 atom stereocenters. The third-order valence-electron chi connectivity index (χ3n) is 2.68. The van der Waals surface area contributed by atoms with Gasteiger partial charge >= 0.3 is 0 Å². The van der Waals surface area contributed by atoms with Crippen LogP contribution >= 0.6 is 0 Å². The zero-order valence-corrected chi connectivity index (χ0v) is 10.0. The molecule has 0 aliphatic carbocycles. The van der Waals surface area contributed by atoms with Crippen molar-refractivity contribution in [1.82, 2.24) is 4.90 Å².